The van der Waals surface area contributed by atoms with Gasteiger partial charge in [-0.3, -0.25) is 0 Å². The molecule has 1 aromatic rings. The normalized spacial score (nSPS) is 10.1. The van der Waals surface area contributed by atoms with E-state index in [9.17, 15) is 0 Å². The van der Waals surface area contributed by atoms with Crippen molar-refractivity contribution in [2.24, 2.45) is 0 Å². The number of rotatable bonds is 4. The first kappa shape index (κ1) is 8.93. The fourth-order valence-electron chi connectivity index (χ4n) is 0.998. The lowest BCUT2D eigenvalue weighted by atomic mass is 10.2. The Labute approximate surface area is 72.2 Å². The molecule has 4 heteroatoms. The number of nitrogens with two attached hydrogens (primary N) is 1. The summed E-state index contributed by atoms with van der Waals surface area (Å²) in [6.07, 6.45) is 3.72. The zero-order valence-electron chi connectivity index (χ0n) is 7.25. The molecule has 0 bridgehead atoms. The zero-order valence-corrected chi connectivity index (χ0v) is 7.25. The van der Waals surface area contributed by atoms with Crippen molar-refractivity contribution in [2.45, 2.75) is 12.8 Å². The average Bonchev–Trinajstić information content (AvgIpc) is 2.05. The van der Waals surface area contributed by atoms with Gasteiger partial charge in [0, 0.05) is 11.9 Å². The molecular weight excluding hydrogens is 152 g/mol. The Kier molecular flexibility index (Phi) is 3.47. The Morgan fingerprint density at radius 3 is 3.08 bits per heavy atom. The van der Waals surface area contributed by atoms with Crippen molar-refractivity contribution in [3.8, 4) is 0 Å². The molecule has 0 saturated heterocycles. The molecule has 0 aliphatic heterocycles. The van der Waals surface area contributed by atoms with Gasteiger partial charge in [0.05, 0.1) is 0 Å². The second-order valence-corrected chi connectivity index (χ2v) is 2.61. The summed E-state index contributed by atoms with van der Waals surface area (Å²) >= 11 is 0. The van der Waals surface area contributed by atoms with Crippen molar-refractivity contribution in [1.82, 2.24) is 15.3 Å². The quantitative estimate of drug-likeness (QED) is 0.628. The molecule has 4 nitrogen and oxygen atoms in total. The lowest BCUT2D eigenvalue weighted by Gasteiger charge is -1.99. The highest BCUT2D eigenvalue weighted by atomic mass is 15.0. The lowest BCUT2D eigenvalue weighted by Crippen LogP contribution is -2.09. The van der Waals surface area contributed by atoms with Gasteiger partial charge in [-0.05, 0) is 32.5 Å². The largest absolute Gasteiger partial charge is 0.368 e. The highest BCUT2D eigenvalue weighted by Crippen LogP contribution is 1.99. The number of anilines is 1. The van der Waals surface area contributed by atoms with Crippen LogP contribution in [0.15, 0.2) is 12.3 Å². The molecule has 0 unspecified atom stereocenters. The monoisotopic (exact) mass is 166 g/mol. The van der Waals surface area contributed by atoms with Gasteiger partial charge in [-0.2, -0.15) is 0 Å². The first-order chi connectivity index (χ1) is 5.83. The molecule has 1 heterocycles. The van der Waals surface area contributed by atoms with E-state index in [-0.39, 0.29) is 0 Å². The average molecular weight is 166 g/mol. The SMILES string of the molecule is CNCCCc1ccnc(N)n1. The standard InChI is InChI=1S/C8H14N4/c1-10-5-2-3-7-4-6-11-8(9)12-7/h4,6,10H,2-3,5H2,1H3,(H2,9,11,12). The number of nitrogens with one attached hydrogen (secondary N) is 1. The van der Waals surface area contributed by atoms with Crippen LogP contribution >= 0.6 is 0 Å². The second-order valence-electron chi connectivity index (χ2n) is 2.61. The van der Waals surface area contributed by atoms with Crippen LogP contribution in [0.2, 0.25) is 0 Å². The van der Waals surface area contributed by atoms with Crippen molar-refractivity contribution < 1.29 is 0 Å². The van der Waals surface area contributed by atoms with Gasteiger partial charge in [0.15, 0.2) is 0 Å². The summed E-state index contributed by atoms with van der Waals surface area (Å²) in [5.74, 6) is 0.358. The molecule has 0 aliphatic carbocycles. The molecule has 0 saturated carbocycles. The van der Waals surface area contributed by atoms with Crippen molar-refractivity contribution in [2.75, 3.05) is 19.3 Å². The Balaban J connectivity index is 2.41. The third-order valence-corrected chi connectivity index (χ3v) is 1.59. The summed E-state index contributed by atoms with van der Waals surface area (Å²) in [6.45, 7) is 1.00. The van der Waals surface area contributed by atoms with Crippen LogP contribution in [0.4, 0.5) is 5.95 Å². The molecule has 0 atom stereocenters. The predicted molar refractivity (Wildman–Crippen MR) is 48.7 cm³/mol. The Morgan fingerprint density at radius 1 is 1.58 bits per heavy atom. The van der Waals surface area contributed by atoms with Gasteiger partial charge in [-0.1, -0.05) is 0 Å². The van der Waals surface area contributed by atoms with Gasteiger partial charge in [0.2, 0.25) is 5.95 Å². The van der Waals surface area contributed by atoms with Crippen LogP contribution in [0.25, 0.3) is 0 Å². The van der Waals surface area contributed by atoms with E-state index in [1.165, 1.54) is 0 Å². The van der Waals surface area contributed by atoms with Crippen LogP contribution in [-0.2, 0) is 6.42 Å². The minimum atomic E-state index is 0.358. The number of nitrogen functional groups attached to an aromatic ring is 1. The topological polar surface area (TPSA) is 63.8 Å². The van der Waals surface area contributed by atoms with Crippen LogP contribution in [0.1, 0.15) is 12.1 Å². The van der Waals surface area contributed by atoms with E-state index in [0.29, 0.717) is 5.95 Å². The lowest BCUT2D eigenvalue weighted by molar-refractivity contribution is 0.714. The van der Waals surface area contributed by atoms with Crippen molar-refractivity contribution >= 4 is 5.95 Å². The summed E-state index contributed by atoms with van der Waals surface area (Å²) in [5.41, 5.74) is 6.44. The van der Waals surface area contributed by atoms with Crippen LogP contribution in [0.3, 0.4) is 0 Å². The smallest absolute Gasteiger partial charge is 0.220 e. The van der Waals surface area contributed by atoms with E-state index in [1.54, 1.807) is 6.20 Å². The molecule has 0 aromatic carbocycles. The third kappa shape index (κ3) is 2.84. The zero-order chi connectivity index (χ0) is 8.81. The molecule has 3 N–H and O–H groups in total. The number of hydrogen-bond donors (Lipinski definition) is 2. The molecule has 12 heavy (non-hydrogen) atoms. The first-order valence-electron chi connectivity index (χ1n) is 4.05. The molecule has 1 aromatic heterocycles. The van der Waals surface area contributed by atoms with E-state index in [1.807, 2.05) is 13.1 Å². The van der Waals surface area contributed by atoms with Gasteiger partial charge < -0.3 is 11.1 Å². The summed E-state index contributed by atoms with van der Waals surface area (Å²) in [6, 6.07) is 1.89. The molecule has 0 fully saturated rings. The van der Waals surface area contributed by atoms with Crippen molar-refractivity contribution in [3.63, 3.8) is 0 Å². The van der Waals surface area contributed by atoms with E-state index < -0.39 is 0 Å². The molecule has 0 radical (unpaired) electrons. The highest BCUT2D eigenvalue weighted by molar-refractivity contribution is 5.17. The van der Waals surface area contributed by atoms with E-state index in [0.717, 1.165) is 25.1 Å². The van der Waals surface area contributed by atoms with E-state index in [2.05, 4.69) is 15.3 Å². The second kappa shape index (κ2) is 4.66. The first-order valence-corrected chi connectivity index (χ1v) is 4.05. The van der Waals surface area contributed by atoms with Crippen LogP contribution in [0.5, 0.6) is 0 Å². The summed E-state index contributed by atoms with van der Waals surface area (Å²) < 4.78 is 0. The third-order valence-electron chi connectivity index (χ3n) is 1.59. The van der Waals surface area contributed by atoms with Gasteiger partial charge in [-0.15, -0.1) is 0 Å². The van der Waals surface area contributed by atoms with E-state index >= 15 is 0 Å². The molecule has 66 valence electrons. The summed E-state index contributed by atoms with van der Waals surface area (Å²) in [7, 11) is 1.94. The van der Waals surface area contributed by atoms with Gasteiger partial charge >= 0.3 is 0 Å². The Bertz CT molecular complexity index is 236. The van der Waals surface area contributed by atoms with Gasteiger partial charge in [-0.25, -0.2) is 9.97 Å². The minimum Gasteiger partial charge on any atom is -0.368 e. The van der Waals surface area contributed by atoms with Crippen molar-refractivity contribution in [1.29, 1.82) is 0 Å². The number of nitrogens with zero attached hydrogens (tertiary/aromatic N) is 2. The molecule has 1 rings (SSSR count). The summed E-state index contributed by atoms with van der Waals surface area (Å²) in [4.78, 5) is 7.90. The fraction of sp³-hybridized carbons (Fsp3) is 0.500. The maximum absolute atomic E-state index is 5.42. The Morgan fingerprint density at radius 2 is 2.42 bits per heavy atom. The van der Waals surface area contributed by atoms with Gasteiger partial charge in [0.1, 0.15) is 0 Å². The van der Waals surface area contributed by atoms with Gasteiger partial charge in [0.25, 0.3) is 0 Å². The number of aryl methyl sites for hydroxylation is 1. The maximum atomic E-state index is 5.42. The molecule has 0 spiro atoms. The summed E-state index contributed by atoms with van der Waals surface area (Å²) in [5, 5.41) is 3.08. The predicted octanol–water partition coefficient (Wildman–Crippen LogP) is 0.211. The van der Waals surface area contributed by atoms with Crippen LogP contribution < -0.4 is 11.1 Å². The van der Waals surface area contributed by atoms with Crippen LogP contribution in [-0.4, -0.2) is 23.6 Å². The fourth-order valence-corrected chi connectivity index (χ4v) is 0.998. The minimum absolute atomic E-state index is 0.358. The van der Waals surface area contributed by atoms with E-state index in [4.69, 9.17) is 5.73 Å². The number of aromatic nitrogens is 2. The van der Waals surface area contributed by atoms with Crippen LogP contribution in [0, 0.1) is 0 Å². The maximum Gasteiger partial charge on any atom is 0.220 e. The highest BCUT2D eigenvalue weighted by Gasteiger charge is 1.94. The Hall–Kier alpha value is -1.16. The molecule has 0 aliphatic rings. The van der Waals surface area contributed by atoms with Crippen molar-refractivity contribution in [3.05, 3.63) is 18.0 Å². The molecule has 0 amide bonds. The molecular formula is C8H14N4. The number of hydrogen-bond acceptors (Lipinski definition) is 4.